The molecule has 1 aliphatic rings. The van der Waals surface area contributed by atoms with Gasteiger partial charge in [0.05, 0.1) is 19.7 Å². The van der Waals surface area contributed by atoms with E-state index in [2.05, 4.69) is 20.2 Å². The van der Waals surface area contributed by atoms with Crippen molar-refractivity contribution >= 4 is 22.6 Å². The van der Waals surface area contributed by atoms with Crippen LogP contribution in [0.2, 0.25) is 0 Å². The maximum atomic E-state index is 12.9. The van der Waals surface area contributed by atoms with Gasteiger partial charge in [-0.1, -0.05) is 12.1 Å². The molecule has 1 aliphatic heterocycles. The van der Waals surface area contributed by atoms with Gasteiger partial charge >= 0.3 is 0 Å². The molecule has 1 aromatic heterocycles. The first kappa shape index (κ1) is 19.9. The van der Waals surface area contributed by atoms with Crippen molar-refractivity contribution < 1.29 is 14.3 Å². The van der Waals surface area contributed by atoms with E-state index < -0.39 is 0 Å². The van der Waals surface area contributed by atoms with Gasteiger partial charge in [-0.3, -0.25) is 4.79 Å². The number of nitrogens with zero attached hydrogens (tertiary/aromatic N) is 3. The molecule has 1 N–H and O–H groups in total. The Morgan fingerprint density at radius 2 is 1.90 bits per heavy atom. The molecule has 1 saturated heterocycles. The first-order valence-electron chi connectivity index (χ1n) is 10.2. The molecule has 2 aromatic carbocycles. The third kappa shape index (κ3) is 4.01. The summed E-state index contributed by atoms with van der Waals surface area (Å²) in [5.41, 5.74) is 2.28. The summed E-state index contributed by atoms with van der Waals surface area (Å²) in [5.74, 6) is 2.01. The van der Waals surface area contributed by atoms with Gasteiger partial charge in [-0.25, -0.2) is 9.97 Å². The summed E-state index contributed by atoms with van der Waals surface area (Å²) in [6.07, 6.45) is 5.17. The van der Waals surface area contributed by atoms with Crippen LogP contribution >= 0.6 is 0 Å². The zero-order valence-corrected chi connectivity index (χ0v) is 17.4. The van der Waals surface area contributed by atoms with Gasteiger partial charge < -0.3 is 19.7 Å². The number of methoxy groups -OCH3 is 2. The number of hydrogen-bond donors (Lipinski definition) is 1. The quantitative estimate of drug-likeness (QED) is 0.674. The van der Waals surface area contributed by atoms with Crippen LogP contribution in [0.5, 0.6) is 11.5 Å². The summed E-state index contributed by atoms with van der Waals surface area (Å²) in [4.78, 5) is 24.0. The largest absolute Gasteiger partial charge is 0.493 e. The Kier molecular flexibility index (Phi) is 5.97. The van der Waals surface area contributed by atoms with Crippen LogP contribution in [0.15, 0.2) is 42.7 Å². The average molecular weight is 406 g/mol. The highest BCUT2D eigenvalue weighted by Gasteiger charge is 2.17. The lowest BCUT2D eigenvalue weighted by atomic mass is 10.1. The van der Waals surface area contributed by atoms with Crippen LogP contribution in [-0.4, -0.2) is 43.2 Å². The van der Waals surface area contributed by atoms with E-state index in [0.717, 1.165) is 48.2 Å². The molecule has 0 bridgehead atoms. The summed E-state index contributed by atoms with van der Waals surface area (Å²) < 4.78 is 10.8. The van der Waals surface area contributed by atoms with E-state index in [1.54, 1.807) is 26.6 Å². The van der Waals surface area contributed by atoms with Crippen molar-refractivity contribution in [3.63, 3.8) is 0 Å². The number of nitrogens with one attached hydrogen (secondary N) is 1. The fourth-order valence-electron chi connectivity index (χ4n) is 3.91. The van der Waals surface area contributed by atoms with E-state index in [-0.39, 0.29) is 5.91 Å². The van der Waals surface area contributed by atoms with Gasteiger partial charge in [-0.2, -0.15) is 0 Å². The van der Waals surface area contributed by atoms with Crippen molar-refractivity contribution in [3.05, 3.63) is 53.9 Å². The molecule has 0 spiro atoms. The first-order valence-corrected chi connectivity index (χ1v) is 10.2. The predicted molar refractivity (Wildman–Crippen MR) is 116 cm³/mol. The van der Waals surface area contributed by atoms with E-state index in [9.17, 15) is 4.79 Å². The summed E-state index contributed by atoms with van der Waals surface area (Å²) >= 11 is 0. The topological polar surface area (TPSA) is 76.6 Å². The first-order chi connectivity index (χ1) is 14.7. The lowest BCUT2D eigenvalue weighted by molar-refractivity contribution is 0.0950. The maximum Gasteiger partial charge on any atom is 0.251 e. The van der Waals surface area contributed by atoms with Crippen molar-refractivity contribution in [1.82, 2.24) is 15.3 Å². The fraction of sp³-hybridized carbons (Fsp3) is 0.348. The number of fused-ring (bicyclic) bond motifs is 1. The third-order valence-electron chi connectivity index (χ3n) is 5.46. The number of carbonyl (C=O) groups is 1. The lowest BCUT2D eigenvalue weighted by Crippen LogP contribution is -2.30. The highest BCUT2D eigenvalue weighted by atomic mass is 16.5. The van der Waals surface area contributed by atoms with Crippen LogP contribution in [0.3, 0.4) is 0 Å². The predicted octanol–water partition coefficient (Wildman–Crippen LogP) is 3.57. The van der Waals surface area contributed by atoms with Crippen LogP contribution in [0.1, 0.15) is 35.2 Å². The number of anilines is 1. The number of ether oxygens (including phenoxy) is 2. The van der Waals surface area contributed by atoms with Gasteiger partial charge in [-0.15, -0.1) is 0 Å². The molecule has 0 radical (unpaired) electrons. The Bertz CT molecular complexity index is 1050. The van der Waals surface area contributed by atoms with Crippen molar-refractivity contribution in [2.75, 3.05) is 32.2 Å². The number of amides is 1. The summed E-state index contributed by atoms with van der Waals surface area (Å²) in [6.45, 7) is 2.30. The standard InChI is InChI=1S/C23H26N4O3/c1-29-20-8-6-7-17(21(20)30-2)14-24-23(28)16-9-10-19-18(13-16)22(26-15-25-19)27-11-4-3-5-12-27/h6-10,13,15H,3-5,11-12,14H2,1-2H3,(H,24,28). The van der Waals surface area contributed by atoms with Crippen molar-refractivity contribution in [1.29, 1.82) is 0 Å². The SMILES string of the molecule is COc1cccc(CNC(=O)c2ccc3ncnc(N4CCCCC4)c3c2)c1OC. The van der Waals surface area contributed by atoms with Crippen molar-refractivity contribution in [3.8, 4) is 11.5 Å². The Labute approximate surface area is 176 Å². The molecule has 0 aliphatic carbocycles. The van der Waals surface area contributed by atoms with Gasteiger partial charge in [0, 0.05) is 36.1 Å². The van der Waals surface area contributed by atoms with Crippen molar-refractivity contribution in [2.24, 2.45) is 0 Å². The van der Waals surface area contributed by atoms with Gasteiger partial charge in [0.15, 0.2) is 11.5 Å². The molecule has 30 heavy (non-hydrogen) atoms. The molecule has 0 atom stereocenters. The molecular formula is C23H26N4O3. The number of para-hydroxylation sites is 1. The molecule has 3 aromatic rings. The monoisotopic (exact) mass is 406 g/mol. The molecule has 7 heteroatoms. The second-order valence-electron chi connectivity index (χ2n) is 7.31. The summed E-state index contributed by atoms with van der Waals surface area (Å²) in [7, 11) is 3.19. The molecule has 0 unspecified atom stereocenters. The highest BCUT2D eigenvalue weighted by Crippen LogP contribution is 2.31. The van der Waals surface area contributed by atoms with E-state index in [1.165, 1.54) is 6.42 Å². The molecule has 0 saturated carbocycles. The van der Waals surface area contributed by atoms with Gasteiger partial charge in [0.1, 0.15) is 12.1 Å². The molecule has 4 rings (SSSR count). The van der Waals surface area contributed by atoms with Gasteiger partial charge in [0.2, 0.25) is 0 Å². The maximum absolute atomic E-state index is 12.9. The average Bonchev–Trinajstić information content (AvgIpc) is 2.81. The minimum Gasteiger partial charge on any atom is -0.493 e. The van der Waals surface area contributed by atoms with Crippen LogP contribution < -0.4 is 19.7 Å². The molecule has 1 fully saturated rings. The van der Waals surface area contributed by atoms with Crippen LogP contribution in [0, 0.1) is 0 Å². The Morgan fingerprint density at radius 1 is 1.07 bits per heavy atom. The Balaban J connectivity index is 1.57. The number of rotatable bonds is 6. The van der Waals surface area contributed by atoms with E-state index in [0.29, 0.717) is 23.6 Å². The van der Waals surface area contributed by atoms with E-state index in [4.69, 9.17) is 9.47 Å². The normalized spacial score (nSPS) is 13.9. The highest BCUT2D eigenvalue weighted by molar-refractivity contribution is 6.00. The summed E-state index contributed by atoms with van der Waals surface area (Å²) in [5, 5.41) is 3.88. The minimum absolute atomic E-state index is 0.157. The molecule has 2 heterocycles. The van der Waals surface area contributed by atoms with E-state index in [1.807, 2.05) is 30.3 Å². The Hall–Kier alpha value is -3.35. The summed E-state index contributed by atoms with van der Waals surface area (Å²) in [6, 6.07) is 11.2. The minimum atomic E-state index is -0.157. The second-order valence-corrected chi connectivity index (χ2v) is 7.31. The lowest BCUT2D eigenvalue weighted by Gasteiger charge is -2.28. The number of carbonyl (C=O) groups excluding carboxylic acids is 1. The number of piperidine rings is 1. The Morgan fingerprint density at radius 3 is 2.67 bits per heavy atom. The van der Waals surface area contributed by atoms with Crippen LogP contribution in [0.4, 0.5) is 5.82 Å². The second kappa shape index (κ2) is 8.98. The molecule has 7 nitrogen and oxygen atoms in total. The van der Waals surface area contributed by atoms with Gasteiger partial charge in [0.25, 0.3) is 5.91 Å². The molecular weight excluding hydrogens is 380 g/mol. The third-order valence-corrected chi connectivity index (χ3v) is 5.46. The van der Waals surface area contributed by atoms with Gasteiger partial charge in [-0.05, 0) is 43.5 Å². The molecule has 156 valence electrons. The molecule has 1 amide bonds. The van der Waals surface area contributed by atoms with Crippen molar-refractivity contribution in [2.45, 2.75) is 25.8 Å². The number of hydrogen-bond acceptors (Lipinski definition) is 6. The number of aromatic nitrogens is 2. The number of benzene rings is 2. The van der Waals surface area contributed by atoms with E-state index >= 15 is 0 Å². The van der Waals surface area contributed by atoms with Crippen LogP contribution in [0.25, 0.3) is 10.9 Å². The fourth-order valence-corrected chi connectivity index (χ4v) is 3.91. The zero-order valence-electron chi connectivity index (χ0n) is 17.4. The smallest absolute Gasteiger partial charge is 0.251 e. The zero-order chi connectivity index (χ0) is 20.9. The van der Waals surface area contributed by atoms with Crippen LogP contribution in [-0.2, 0) is 6.54 Å².